The zero-order valence-electron chi connectivity index (χ0n) is 7.68. The highest BCUT2D eigenvalue weighted by Gasteiger charge is 2.19. The van der Waals surface area contributed by atoms with E-state index in [-0.39, 0.29) is 6.08 Å². The highest BCUT2D eigenvalue weighted by molar-refractivity contribution is 5.69. The Labute approximate surface area is 80.9 Å². The molecule has 1 fully saturated rings. The second kappa shape index (κ2) is 4.08. The van der Waals surface area contributed by atoms with Gasteiger partial charge in [0, 0.05) is 13.1 Å². The predicted molar refractivity (Wildman–Crippen MR) is 45.7 cm³/mol. The topological polar surface area (TPSA) is 68.5 Å². The van der Waals surface area contributed by atoms with Crippen molar-refractivity contribution in [3.8, 4) is 6.08 Å². The summed E-state index contributed by atoms with van der Waals surface area (Å²) in [6.45, 7) is 1.49. The first-order valence-corrected chi connectivity index (χ1v) is 4.59. The Morgan fingerprint density at radius 2 is 2.21 bits per heavy atom. The summed E-state index contributed by atoms with van der Waals surface area (Å²) >= 11 is 0. The molecule has 0 aromatic carbocycles. The van der Waals surface area contributed by atoms with Gasteiger partial charge in [-0.25, -0.2) is 4.79 Å². The lowest BCUT2D eigenvalue weighted by Gasteiger charge is -2.24. The smallest absolute Gasteiger partial charge is 0.396 e. The summed E-state index contributed by atoms with van der Waals surface area (Å²) in [5.74, 6) is 0. The van der Waals surface area contributed by atoms with Crippen LogP contribution in [0, 0.1) is 0 Å². The number of amides is 1. The third-order valence-corrected chi connectivity index (χ3v) is 2.13. The molecule has 6 nitrogen and oxygen atoms in total. The van der Waals surface area contributed by atoms with Gasteiger partial charge in [0.25, 0.3) is 0 Å². The molecule has 0 N–H and O–H groups in total. The molecule has 1 amide bonds. The Morgan fingerprint density at radius 3 is 2.86 bits per heavy atom. The summed E-state index contributed by atoms with van der Waals surface area (Å²) in [7, 11) is 0. The molecule has 1 saturated heterocycles. The Hall–Kier alpha value is -1.59. The molecule has 2 rings (SSSR count). The molecule has 0 atom stereocenters. The number of likely N-dealkylation sites (tertiary alicyclic amines) is 1. The molecule has 0 saturated carbocycles. The van der Waals surface area contributed by atoms with Crippen LogP contribution in [-0.4, -0.2) is 34.3 Å². The van der Waals surface area contributed by atoms with Crippen molar-refractivity contribution in [1.82, 2.24) is 15.1 Å². The normalized spacial score (nSPS) is 16.7. The minimum absolute atomic E-state index is 0.0967. The molecule has 1 aliphatic rings. The van der Waals surface area contributed by atoms with Gasteiger partial charge in [0.1, 0.15) is 0 Å². The number of aromatic nitrogens is 2. The van der Waals surface area contributed by atoms with E-state index in [1.807, 2.05) is 0 Å². The quantitative estimate of drug-likeness (QED) is 0.673. The summed E-state index contributed by atoms with van der Waals surface area (Å²) in [4.78, 5) is 13.1. The molecule has 2 heterocycles. The zero-order chi connectivity index (χ0) is 9.80. The van der Waals surface area contributed by atoms with Crippen molar-refractivity contribution in [2.45, 2.75) is 19.3 Å². The fourth-order valence-electron chi connectivity index (χ4n) is 1.42. The molecule has 0 radical (unpaired) electrons. The van der Waals surface area contributed by atoms with Crippen molar-refractivity contribution in [2.75, 3.05) is 13.1 Å². The summed E-state index contributed by atoms with van der Waals surface area (Å²) in [6, 6.07) is 0. The van der Waals surface area contributed by atoms with E-state index in [1.165, 1.54) is 6.42 Å². The van der Waals surface area contributed by atoms with Gasteiger partial charge in [-0.05, 0) is 19.3 Å². The maximum atomic E-state index is 11.4. The average Bonchev–Trinajstić information content (AvgIpc) is 2.72. The van der Waals surface area contributed by atoms with Gasteiger partial charge >= 0.3 is 12.2 Å². The standard InChI is InChI=1S/C8H11N3O3/c12-8(11-4-2-1-3-5-11)14-7-10-9-6-13-7/h6H,1-5H2. The molecule has 0 bridgehead atoms. The first-order valence-electron chi connectivity index (χ1n) is 4.59. The first kappa shape index (κ1) is 8.98. The minimum Gasteiger partial charge on any atom is -0.396 e. The monoisotopic (exact) mass is 197 g/mol. The van der Waals surface area contributed by atoms with Crippen LogP contribution in [0.4, 0.5) is 4.79 Å². The third kappa shape index (κ3) is 2.01. The molecule has 0 spiro atoms. The highest BCUT2D eigenvalue weighted by atomic mass is 16.6. The van der Waals surface area contributed by atoms with E-state index in [4.69, 9.17) is 9.15 Å². The van der Waals surface area contributed by atoms with Crippen LogP contribution in [0.25, 0.3) is 0 Å². The van der Waals surface area contributed by atoms with E-state index < -0.39 is 6.09 Å². The fraction of sp³-hybridized carbons (Fsp3) is 0.625. The number of piperidine rings is 1. The number of hydrogen-bond acceptors (Lipinski definition) is 5. The third-order valence-electron chi connectivity index (χ3n) is 2.13. The van der Waals surface area contributed by atoms with Crippen LogP contribution < -0.4 is 4.74 Å². The Kier molecular flexibility index (Phi) is 2.62. The Morgan fingerprint density at radius 1 is 1.43 bits per heavy atom. The number of ether oxygens (including phenoxy) is 1. The first-order chi connectivity index (χ1) is 6.86. The Balaban J connectivity index is 1.88. The van der Waals surface area contributed by atoms with Gasteiger partial charge in [0.05, 0.1) is 0 Å². The molecule has 1 aliphatic heterocycles. The number of carbonyl (C=O) groups excluding carboxylic acids is 1. The van der Waals surface area contributed by atoms with Crippen molar-refractivity contribution in [3.63, 3.8) is 0 Å². The van der Waals surface area contributed by atoms with Gasteiger partial charge in [0.15, 0.2) is 0 Å². The molecule has 6 heteroatoms. The van der Waals surface area contributed by atoms with Gasteiger partial charge in [-0.2, -0.15) is 0 Å². The van der Waals surface area contributed by atoms with Gasteiger partial charge < -0.3 is 14.1 Å². The number of carbonyl (C=O) groups is 1. The highest BCUT2D eigenvalue weighted by Crippen LogP contribution is 2.11. The maximum absolute atomic E-state index is 11.4. The van der Waals surface area contributed by atoms with Crippen molar-refractivity contribution >= 4 is 6.09 Å². The summed E-state index contributed by atoms with van der Waals surface area (Å²) in [5, 5.41) is 6.87. The van der Waals surface area contributed by atoms with Crippen LogP contribution in [0.3, 0.4) is 0 Å². The molecule has 0 aliphatic carbocycles. The van der Waals surface area contributed by atoms with Gasteiger partial charge in [-0.15, -0.1) is 5.10 Å². The fourth-order valence-corrected chi connectivity index (χ4v) is 1.42. The van der Waals surface area contributed by atoms with E-state index in [9.17, 15) is 4.79 Å². The number of hydrogen-bond donors (Lipinski definition) is 0. The van der Waals surface area contributed by atoms with Crippen LogP contribution in [0.15, 0.2) is 10.8 Å². The maximum Gasteiger partial charge on any atom is 0.423 e. The van der Waals surface area contributed by atoms with E-state index in [0.717, 1.165) is 32.3 Å². The molecule has 1 aromatic rings. The number of nitrogens with zero attached hydrogens (tertiary/aromatic N) is 3. The molecular formula is C8H11N3O3. The summed E-state index contributed by atoms with van der Waals surface area (Å²) in [5.41, 5.74) is 0. The summed E-state index contributed by atoms with van der Waals surface area (Å²) in [6.07, 6.45) is 3.84. The SMILES string of the molecule is O=C(Oc1nnco1)N1CCCCC1. The summed E-state index contributed by atoms with van der Waals surface area (Å²) < 4.78 is 9.54. The van der Waals surface area contributed by atoms with Crippen molar-refractivity contribution in [2.24, 2.45) is 0 Å². The second-order valence-corrected chi connectivity index (χ2v) is 3.12. The van der Waals surface area contributed by atoms with Crippen LogP contribution >= 0.6 is 0 Å². The van der Waals surface area contributed by atoms with E-state index in [1.54, 1.807) is 4.90 Å². The lowest BCUT2D eigenvalue weighted by molar-refractivity contribution is 0.129. The van der Waals surface area contributed by atoms with Gasteiger partial charge in [-0.1, -0.05) is 5.10 Å². The molecule has 0 unspecified atom stereocenters. The van der Waals surface area contributed by atoms with Crippen molar-refractivity contribution in [1.29, 1.82) is 0 Å². The average molecular weight is 197 g/mol. The Bertz CT molecular complexity index is 293. The van der Waals surface area contributed by atoms with Crippen LogP contribution in [0.5, 0.6) is 6.08 Å². The molecule has 14 heavy (non-hydrogen) atoms. The van der Waals surface area contributed by atoms with Crippen molar-refractivity contribution in [3.05, 3.63) is 6.39 Å². The second-order valence-electron chi connectivity index (χ2n) is 3.12. The van der Waals surface area contributed by atoms with Gasteiger partial charge in [0.2, 0.25) is 6.39 Å². The molecule has 76 valence electrons. The number of rotatable bonds is 1. The van der Waals surface area contributed by atoms with E-state index in [0.29, 0.717) is 0 Å². The van der Waals surface area contributed by atoms with Crippen LogP contribution in [0.1, 0.15) is 19.3 Å². The largest absolute Gasteiger partial charge is 0.423 e. The zero-order valence-corrected chi connectivity index (χ0v) is 7.68. The van der Waals surface area contributed by atoms with E-state index in [2.05, 4.69) is 10.2 Å². The molecule has 1 aromatic heterocycles. The molecular weight excluding hydrogens is 186 g/mol. The van der Waals surface area contributed by atoms with E-state index >= 15 is 0 Å². The van der Waals surface area contributed by atoms with Gasteiger partial charge in [-0.3, -0.25) is 0 Å². The lowest BCUT2D eigenvalue weighted by atomic mass is 10.1. The van der Waals surface area contributed by atoms with Crippen LogP contribution in [-0.2, 0) is 0 Å². The predicted octanol–water partition coefficient (Wildman–Crippen LogP) is 1.05. The van der Waals surface area contributed by atoms with Crippen molar-refractivity contribution < 1.29 is 13.9 Å². The lowest BCUT2D eigenvalue weighted by Crippen LogP contribution is -2.37. The van der Waals surface area contributed by atoms with Crippen LogP contribution in [0.2, 0.25) is 0 Å². The minimum atomic E-state index is -0.408.